The van der Waals surface area contributed by atoms with Crippen molar-refractivity contribution < 1.29 is 34.7 Å². The Balaban J connectivity index is 2.10. The molecular weight excluding hydrogens is 304 g/mol. The number of hydrogen-bond acceptors (Lipinski definition) is 7. The Morgan fingerprint density at radius 1 is 1.26 bits per heavy atom. The summed E-state index contributed by atoms with van der Waals surface area (Å²) >= 11 is 0. The molecule has 0 spiro atoms. The molecule has 4 N–H and O–H groups in total. The zero-order valence-corrected chi connectivity index (χ0v) is 13.7. The number of rotatable bonds is 4. The van der Waals surface area contributed by atoms with Crippen molar-refractivity contribution in [3.8, 4) is 0 Å². The predicted octanol–water partition coefficient (Wildman–Crippen LogP) is -0.493. The van der Waals surface area contributed by atoms with Crippen LogP contribution in [0.25, 0.3) is 0 Å². The smallest absolute Gasteiger partial charge is 0.186 e. The zero-order chi connectivity index (χ0) is 17.4. The van der Waals surface area contributed by atoms with Gasteiger partial charge in [-0.2, -0.15) is 0 Å². The quantitative estimate of drug-likeness (QED) is 0.514. The summed E-state index contributed by atoms with van der Waals surface area (Å²) in [5, 5.41) is 38.8. The van der Waals surface area contributed by atoms with Crippen molar-refractivity contribution in [1.29, 1.82) is 0 Å². The molecule has 1 fully saturated rings. The van der Waals surface area contributed by atoms with Crippen molar-refractivity contribution in [1.82, 2.24) is 0 Å². The van der Waals surface area contributed by atoms with E-state index in [0.29, 0.717) is 12.8 Å². The highest BCUT2D eigenvalue weighted by Gasteiger charge is 2.45. The molecule has 0 aromatic carbocycles. The van der Waals surface area contributed by atoms with Crippen molar-refractivity contribution >= 4 is 6.29 Å². The summed E-state index contributed by atoms with van der Waals surface area (Å²) < 4.78 is 11.2. The lowest BCUT2D eigenvalue weighted by molar-refractivity contribution is -0.312. The first-order valence-electron chi connectivity index (χ1n) is 7.82. The van der Waals surface area contributed by atoms with Gasteiger partial charge in [0, 0.05) is 0 Å². The van der Waals surface area contributed by atoms with Crippen LogP contribution in [0.5, 0.6) is 0 Å². The van der Waals surface area contributed by atoms with Crippen molar-refractivity contribution in [2.24, 2.45) is 5.41 Å². The lowest BCUT2D eigenvalue weighted by atomic mass is 9.72. The summed E-state index contributed by atoms with van der Waals surface area (Å²) in [6, 6.07) is 0. The fraction of sp³-hybridized carbons (Fsp3) is 0.812. The first-order chi connectivity index (χ1) is 10.7. The van der Waals surface area contributed by atoms with Crippen LogP contribution in [0.4, 0.5) is 0 Å². The fourth-order valence-electron chi connectivity index (χ4n) is 3.51. The van der Waals surface area contributed by atoms with Gasteiger partial charge >= 0.3 is 0 Å². The molecule has 1 aliphatic heterocycles. The predicted molar refractivity (Wildman–Crippen MR) is 80.4 cm³/mol. The van der Waals surface area contributed by atoms with Gasteiger partial charge in [-0.05, 0) is 30.8 Å². The van der Waals surface area contributed by atoms with Gasteiger partial charge < -0.3 is 29.9 Å². The van der Waals surface area contributed by atoms with Gasteiger partial charge in [-0.15, -0.1) is 0 Å². The summed E-state index contributed by atoms with van der Waals surface area (Å²) in [6.45, 7) is 5.27. The average molecular weight is 330 g/mol. The van der Waals surface area contributed by atoms with E-state index in [-0.39, 0.29) is 11.5 Å². The van der Waals surface area contributed by atoms with Gasteiger partial charge in [-0.25, -0.2) is 0 Å². The van der Waals surface area contributed by atoms with Gasteiger partial charge in [0.05, 0.1) is 12.7 Å². The highest BCUT2D eigenvalue weighted by atomic mass is 16.7. The maximum atomic E-state index is 11.2. The molecule has 132 valence electrons. The van der Waals surface area contributed by atoms with E-state index in [2.05, 4.69) is 0 Å². The number of ether oxygens (including phenoxy) is 2. The molecule has 0 aromatic rings. The van der Waals surface area contributed by atoms with Crippen LogP contribution in [-0.2, 0) is 14.3 Å². The first kappa shape index (κ1) is 18.5. The topological polar surface area (TPSA) is 116 Å². The Kier molecular flexibility index (Phi) is 5.60. The molecular formula is C16H26O7. The lowest BCUT2D eigenvalue weighted by Gasteiger charge is -2.43. The maximum absolute atomic E-state index is 11.2. The minimum absolute atomic E-state index is 0.296. The van der Waals surface area contributed by atoms with Gasteiger partial charge in [0.1, 0.15) is 30.7 Å². The molecule has 1 aliphatic carbocycles. The molecule has 0 amide bonds. The average Bonchev–Trinajstić information content (AvgIpc) is 2.46. The fourth-order valence-corrected chi connectivity index (χ4v) is 3.51. The van der Waals surface area contributed by atoms with Gasteiger partial charge in [0.25, 0.3) is 0 Å². The summed E-state index contributed by atoms with van der Waals surface area (Å²) in [6.07, 6.45) is -4.73. The molecule has 2 aliphatic rings. The Bertz CT molecular complexity index is 471. The van der Waals surface area contributed by atoms with Crippen LogP contribution in [0.2, 0.25) is 0 Å². The van der Waals surface area contributed by atoms with Crippen LogP contribution in [0.15, 0.2) is 11.1 Å². The Morgan fingerprint density at radius 2 is 1.91 bits per heavy atom. The lowest BCUT2D eigenvalue weighted by Crippen LogP contribution is -2.59. The number of hydrogen-bond donors (Lipinski definition) is 4. The monoisotopic (exact) mass is 330 g/mol. The number of carbonyl (C=O) groups is 1. The second-order valence-electron chi connectivity index (χ2n) is 7.06. The molecule has 0 bridgehead atoms. The molecule has 6 atom stereocenters. The summed E-state index contributed by atoms with van der Waals surface area (Å²) in [7, 11) is 0. The van der Waals surface area contributed by atoms with E-state index >= 15 is 0 Å². The van der Waals surface area contributed by atoms with E-state index in [9.17, 15) is 25.2 Å². The highest BCUT2D eigenvalue weighted by molar-refractivity contribution is 5.77. The maximum Gasteiger partial charge on any atom is 0.186 e. The number of aliphatic hydroxyl groups excluding tert-OH is 4. The minimum Gasteiger partial charge on any atom is -0.394 e. The minimum atomic E-state index is -1.45. The van der Waals surface area contributed by atoms with Crippen molar-refractivity contribution in [3.05, 3.63) is 11.1 Å². The van der Waals surface area contributed by atoms with Gasteiger partial charge in [-0.1, -0.05) is 19.4 Å². The third kappa shape index (κ3) is 3.65. The van der Waals surface area contributed by atoms with Crippen molar-refractivity contribution in [2.45, 2.75) is 70.4 Å². The second kappa shape index (κ2) is 6.96. The summed E-state index contributed by atoms with van der Waals surface area (Å²) in [5.74, 6) is 0. The third-order valence-corrected chi connectivity index (χ3v) is 4.75. The van der Waals surface area contributed by atoms with E-state index in [1.54, 1.807) is 0 Å². The molecule has 23 heavy (non-hydrogen) atoms. The number of aliphatic hydroxyl groups is 4. The standard InChI is InChI=1S/C16H26O7/c1-8-4-9(5-16(2,3)10(8)6-17)22-15-14(21)13(20)12(19)11(7-18)23-15/h6,9,11-15,18-21H,4-5,7H2,1-3H3/t9?,11-,12-,13-,14-,15-/m1/s1. The Labute approximate surface area is 135 Å². The first-order valence-corrected chi connectivity index (χ1v) is 7.82. The number of carbonyl (C=O) groups excluding carboxylic acids is 1. The van der Waals surface area contributed by atoms with Crippen LogP contribution in [0.1, 0.15) is 33.6 Å². The van der Waals surface area contributed by atoms with E-state index in [0.717, 1.165) is 17.4 Å². The molecule has 0 aromatic heterocycles. The Hall–Kier alpha value is -0.830. The van der Waals surface area contributed by atoms with Crippen LogP contribution in [-0.4, -0.2) is 70.1 Å². The van der Waals surface area contributed by atoms with E-state index in [4.69, 9.17) is 9.47 Å². The molecule has 2 rings (SSSR count). The molecule has 1 unspecified atom stereocenters. The number of allylic oxidation sites excluding steroid dienone is 1. The van der Waals surface area contributed by atoms with Crippen LogP contribution < -0.4 is 0 Å². The molecule has 1 heterocycles. The van der Waals surface area contributed by atoms with Crippen molar-refractivity contribution in [3.63, 3.8) is 0 Å². The third-order valence-electron chi connectivity index (χ3n) is 4.75. The molecule has 7 nitrogen and oxygen atoms in total. The van der Waals surface area contributed by atoms with E-state index < -0.39 is 37.3 Å². The SMILES string of the molecule is CC1=C(C=O)C(C)(C)CC(O[C@@H]2O[C@H](CO)[C@@H](O)[C@@H](O)[C@H]2O)C1. The van der Waals surface area contributed by atoms with E-state index in [1.807, 2.05) is 20.8 Å². The van der Waals surface area contributed by atoms with Crippen molar-refractivity contribution in [2.75, 3.05) is 6.61 Å². The van der Waals surface area contributed by atoms with E-state index in [1.165, 1.54) is 0 Å². The summed E-state index contributed by atoms with van der Waals surface area (Å²) in [4.78, 5) is 11.2. The molecule has 1 saturated heterocycles. The molecule has 0 saturated carbocycles. The molecule has 0 radical (unpaired) electrons. The van der Waals surface area contributed by atoms with Crippen LogP contribution in [0.3, 0.4) is 0 Å². The molecule has 7 heteroatoms. The normalized spacial score (nSPS) is 41.0. The number of aldehydes is 1. The van der Waals surface area contributed by atoms with Gasteiger partial charge in [0.2, 0.25) is 0 Å². The van der Waals surface area contributed by atoms with Crippen LogP contribution in [0, 0.1) is 5.41 Å². The summed E-state index contributed by atoms with van der Waals surface area (Å²) in [5.41, 5.74) is 1.32. The second-order valence-corrected chi connectivity index (χ2v) is 7.06. The highest BCUT2D eigenvalue weighted by Crippen LogP contribution is 2.41. The van der Waals surface area contributed by atoms with Gasteiger partial charge in [-0.3, -0.25) is 4.79 Å². The zero-order valence-electron chi connectivity index (χ0n) is 13.7. The largest absolute Gasteiger partial charge is 0.394 e. The van der Waals surface area contributed by atoms with Gasteiger partial charge in [0.15, 0.2) is 6.29 Å². The van der Waals surface area contributed by atoms with Crippen LogP contribution >= 0.6 is 0 Å². The Morgan fingerprint density at radius 3 is 2.43 bits per heavy atom.